The fourth-order valence-corrected chi connectivity index (χ4v) is 3.73. The molecule has 4 heteroatoms. The molecule has 1 aromatic carbocycles. The molecule has 22 heavy (non-hydrogen) atoms. The average Bonchev–Trinajstić information content (AvgIpc) is 2.54. The first-order valence-corrected chi connectivity index (χ1v) is 7.90. The van der Waals surface area contributed by atoms with Crippen molar-refractivity contribution in [2.75, 3.05) is 13.1 Å². The fraction of sp³-hybridized carbons (Fsp3) is 0.389. The highest BCUT2D eigenvalue weighted by atomic mass is 19.1. The van der Waals surface area contributed by atoms with Gasteiger partial charge in [0, 0.05) is 44.5 Å². The van der Waals surface area contributed by atoms with Crippen molar-refractivity contribution in [2.45, 2.75) is 31.6 Å². The van der Waals surface area contributed by atoms with Gasteiger partial charge in [-0.15, -0.1) is 0 Å². The van der Waals surface area contributed by atoms with Gasteiger partial charge in [0.1, 0.15) is 5.82 Å². The number of pyridine rings is 1. The van der Waals surface area contributed by atoms with Crippen LogP contribution in [0.4, 0.5) is 4.39 Å². The third-order valence-corrected chi connectivity index (χ3v) is 4.79. The van der Waals surface area contributed by atoms with Crippen LogP contribution in [0.15, 0.2) is 48.7 Å². The first-order valence-electron chi connectivity index (χ1n) is 7.90. The van der Waals surface area contributed by atoms with Crippen molar-refractivity contribution in [3.05, 3.63) is 65.7 Å². The number of piperazine rings is 1. The molecule has 0 amide bonds. The van der Waals surface area contributed by atoms with Crippen LogP contribution in [0.5, 0.6) is 0 Å². The summed E-state index contributed by atoms with van der Waals surface area (Å²) in [6, 6.07) is 14.3. The van der Waals surface area contributed by atoms with Gasteiger partial charge in [0.2, 0.25) is 0 Å². The van der Waals surface area contributed by atoms with E-state index in [1.165, 1.54) is 12.5 Å². The zero-order chi connectivity index (χ0) is 14.9. The molecule has 5 rings (SSSR count). The number of hydrogen-bond acceptors (Lipinski definition) is 3. The Morgan fingerprint density at radius 3 is 2.64 bits per heavy atom. The van der Waals surface area contributed by atoms with Crippen LogP contribution in [0.25, 0.3) is 0 Å². The number of hydrogen-bond donors (Lipinski definition) is 0. The predicted molar refractivity (Wildman–Crippen MR) is 83.7 cm³/mol. The third kappa shape index (κ3) is 2.76. The maximum Gasteiger partial charge on any atom is 0.123 e. The lowest BCUT2D eigenvalue weighted by Gasteiger charge is -2.56. The average molecular weight is 297 g/mol. The van der Waals surface area contributed by atoms with Crippen LogP contribution in [0.1, 0.15) is 17.7 Å². The molecule has 114 valence electrons. The molecular formula is C18H20FN3. The number of piperidine rings is 1. The summed E-state index contributed by atoms with van der Waals surface area (Å²) in [5.41, 5.74) is 2.22. The Balaban J connectivity index is 1.36. The largest absolute Gasteiger partial charge is 0.294 e. The van der Waals surface area contributed by atoms with E-state index in [2.05, 4.69) is 20.9 Å². The highest BCUT2D eigenvalue weighted by molar-refractivity contribution is 5.18. The van der Waals surface area contributed by atoms with E-state index in [9.17, 15) is 4.39 Å². The highest BCUT2D eigenvalue weighted by Gasteiger charge is 2.44. The van der Waals surface area contributed by atoms with E-state index >= 15 is 0 Å². The summed E-state index contributed by atoms with van der Waals surface area (Å²) in [5.74, 6) is -0.139. The summed E-state index contributed by atoms with van der Waals surface area (Å²) in [7, 11) is 0. The van der Waals surface area contributed by atoms with Crippen LogP contribution >= 0.6 is 0 Å². The molecular weight excluding hydrogens is 277 g/mol. The van der Waals surface area contributed by atoms with Gasteiger partial charge in [-0.25, -0.2) is 4.39 Å². The van der Waals surface area contributed by atoms with Gasteiger partial charge < -0.3 is 0 Å². The Kier molecular flexibility index (Phi) is 3.64. The van der Waals surface area contributed by atoms with E-state index in [1.54, 1.807) is 12.1 Å². The molecule has 2 aromatic rings. The van der Waals surface area contributed by atoms with Gasteiger partial charge in [0.25, 0.3) is 0 Å². The van der Waals surface area contributed by atoms with E-state index in [1.807, 2.05) is 24.4 Å². The molecule has 0 N–H and O–H groups in total. The lowest BCUT2D eigenvalue weighted by atomic mass is 9.86. The van der Waals surface area contributed by atoms with Gasteiger partial charge in [-0.3, -0.25) is 14.8 Å². The number of halogens is 1. The van der Waals surface area contributed by atoms with E-state index < -0.39 is 0 Å². The van der Waals surface area contributed by atoms with Gasteiger partial charge in [-0.05, 0) is 36.2 Å². The van der Waals surface area contributed by atoms with Crippen LogP contribution < -0.4 is 0 Å². The van der Waals surface area contributed by atoms with Crippen molar-refractivity contribution < 1.29 is 4.39 Å². The summed E-state index contributed by atoms with van der Waals surface area (Å²) >= 11 is 0. The molecule has 3 aliphatic heterocycles. The van der Waals surface area contributed by atoms with E-state index in [4.69, 9.17) is 0 Å². The second-order valence-corrected chi connectivity index (χ2v) is 6.36. The molecule has 2 bridgehead atoms. The molecule has 0 saturated carbocycles. The molecule has 0 aliphatic carbocycles. The maximum atomic E-state index is 13.3. The zero-order valence-electron chi connectivity index (χ0n) is 12.5. The number of fused-ring (bicyclic) bond motifs is 2. The second kappa shape index (κ2) is 5.78. The molecule has 2 unspecified atom stereocenters. The van der Waals surface area contributed by atoms with Gasteiger partial charge >= 0.3 is 0 Å². The van der Waals surface area contributed by atoms with Crippen LogP contribution in [0, 0.1) is 5.82 Å². The smallest absolute Gasteiger partial charge is 0.123 e. The number of nitrogens with zero attached hydrogens (tertiary/aromatic N) is 3. The third-order valence-electron chi connectivity index (χ3n) is 4.79. The monoisotopic (exact) mass is 297 g/mol. The first-order chi connectivity index (χ1) is 10.8. The molecule has 3 nitrogen and oxygen atoms in total. The van der Waals surface area contributed by atoms with Crippen molar-refractivity contribution in [1.82, 2.24) is 14.8 Å². The van der Waals surface area contributed by atoms with Crippen molar-refractivity contribution in [2.24, 2.45) is 0 Å². The van der Waals surface area contributed by atoms with Crippen LogP contribution in [-0.4, -0.2) is 40.0 Å². The van der Waals surface area contributed by atoms with Crippen molar-refractivity contribution in [3.63, 3.8) is 0 Å². The summed E-state index contributed by atoms with van der Waals surface area (Å²) in [6.07, 6.45) is 3.13. The van der Waals surface area contributed by atoms with E-state index in [0.717, 1.165) is 37.4 Å². The molecule has 4 heterocycles. The quantitative estimate of drug-likeness (QED) is 0.865. The molecule has 1 aromatic heterocycles. The Hall–Kier alpha value is -1.78. The van der Waals surface area contributed by atoms with Gasteiger partial charge in [-0.1, -0.05) is 18.2 Å². The Morgan fingerprint density at radius 2 is 1.91 bits per heavy atom. The maximum absolute atomic E-state index is 13.3. The SMILES string of the molecule is Fc1cccc(CN2C3CC2CN(Cc2ccccn2)C3)c1. The Bertz CT molecular complexity index is 634. The standard InChI is InChI=1S/C18H20FN3/c19-15-5-3-4-14(8-15)10-22-17-9-18(22)13-21(12-17)11-16-6-1-2-7-20-16/h1-8,17-18H,9-13H2. The lowest BCUT2D eigenvalue weighted by molar-refractivity contribution is -0.0777. The number of aromatic nitrogens is 1. The topological polar surface area (TPSA) is 19.4 Å². The van der Waals surface area contributed by atoms with Gasteiger partial charge in [0.05, 0.1) is 5.69 Å². The molecule has 0 radical (unpaired) electrons. The van der Waals surface area contributed by atoms with Crippen LogP contribution in [-0.2, 0) is 13.1 Å². The minimum Gasteiger partial charge on any atom is -0.294 e. The molecule has 0 spiro atoms. The van der Waals surface area contributed by atoms with Gasteiger partial charge in [-0.2, -0.15) is 0 Å². The fourth-order valence-electron chi connectivity index (χ4n) is 3.73. The molecule has 3 saturated heterocycles. The number of benzene rings is 1. The molecule has 2 atom stereocenters. The lowest BCUT2D eigenvalue weighted by Crippen LogP contribution is -2.67. The second-order valence-electron chi connectivity index (χ2n) is 6.36. The predicted octanol–water partition coefficient (Wildman–Crippen LogP) is 2.68. The van der Waals surface area contributed by atoms with Crippen molar-refractivity contribution in [3.8, 4) is 0 Å². The van der Waals surface area contributed by atoms with Gasteiger partial charge in [0.15, 0.2) is 0 Å². The Morgan fingerprint density at radius 1 is 1.05 bits per heavy atom. The van der Waals surface area contributed by atoms with E-state index in [0.29, 0.717) is 12.1 Å². The normalized spacial score (nSPS) is 25.0. The molecule has 3 fully saturated rings. The van der Waals surface area contributed by atoms with Crippen molar-refractivity contribution >= 4 is 0 Å². The van der Waals surface area contributed by atoms with Crippen LogP contribution in [0.3, 0.4) is 0 Å². The van der Waals surface area contributed by atoms with Crippen molar-refractivity contribution in [1.29, 1.82) is 0 Å². The minimum atomic E-state index is -0.139. The minimum absolute atomic E-state index is 0.139. The summed E-state index contributed by atoms with van der Waals surface area (Å²) in [4.78, 5) is 9.42. The summed E-state index contributed by atoms with van der Waals surface area (Å²) in [5, 5.41) is 0. The van der Waals surface area contributed by atoms with Crippen LogP contribution in [0.2, 0.25) is 0 Å². The Labute approximate surface area is 130 Å². The summed E-state index contributed by atoms with van der Waals surface area (Å²) < 4.78 is 13.3. The number of rotatable bonds is 4. The zero-order valence-corrected chi connectivity index (χ0v) is 12.5. The highest BCUT2D eigenvalue weighted by Crippen LogP contribution is 2.34. The van der Waals surface area contributed by atoms with E-state index in [-0.39, 0.29) is 5.82 Å². The first kappa shape index (κ1) is 13.9. The summed E-state index contributed by atoms with van der Waals surface area (Å²) in [6.45, 7) is 3.97. The molecule has 3 aliphatic rings.